The van der Waals surface area contributed by atoms with Crippen LogP contribution in [0.25, 0.3) is 0 Å². The molecule has 0 unspecified atom stereocenters. The van der Waals surface area contributed by atoms with Crippen molar-refractivity contribution in [2.75, 3.05) is 6.54 Å². The molecule has 2 heterocycles. The fourth-order valence-electron chi connectivity index (χ4n) is 3.30. The lowest BCUT2D eigenvalue weighted by Gasteiger charge is -2.22. The molecule has 5 nitrogen and oxygen atoms in total. The van der Waals surface area contributed by atoms with Crippen LogP contribution >= 0.6 is 0 Å². The predicted octanol–water partition coefficient (Wildman–Crippen LogP) is 4.40. The summed E-state index contributed by atoms with van der Waals surface area (Å²) >= 11 is 0. The van der Waals surface area contributed by atoms with Gasteiger partial charge in [-0.15, -0.1) is 0 Å². The van der Waals surface area contributed by atoms with E-state index >= 15 is 0 Å². The van der Waals surface area contributed by atoms with Crippen LogP contribution in [0.2, 0.25) is 0 Å². The number of nitrogens with zero attached hydrogens (tertiary/aromatic N) is 2. The number of rotatable bonds is 10. The molecule has 0 spiro atoms. The summed E-state index contributed by atoms with van der Waals surface area (Å²) in [7, 11) is 0. The van der Waals surface area contributed by atoms with E-state index < -0.39 is 5.97 Å². The first-order chi connectivity index (χ1) is 13.0. The Balaban J connectivity index is 1.87. The number of aromatic nitrogens is 1. The number of carboxylic acids is 1. The van der Waals surface area contributed by atoms with Crippen LogP contribution in [-0.4, -0.2) is 39.5 Å². The van der Waals surface area contributed by atoms with Crippen molar-refractivity contribution >= 4 is 11.9 Å². The van der Waals surface area contributed by atoms with E-state index in [9.17, 15) is 9.59 Å². The summed E-state index contributed by atoms with van der Waals surface area (Å²) in [5.74, 6) is -0.817. The van der Waals surface area contributed by atoms with Gasteiger partial charge in [0.05, 0.1) is 6.04 Å². The average molecular weight is 370 g/mol. The second kappa shape index (κ2) is 10.7. The van der Waals surface area contributed by atoms with Crippen LogP contribution in [0.5, 0.6) is 0 Å². The van der Waals surface area contributed by atoms with Crippen molar-refractivity contribution in [3.05, 3.63) is 53.4 Å². The van der Waals surface area contributed by atoms with Crippen LogP contribution in [0.4, 0.5) is 0 Å². The molecule has 1 N–H and O–H groups in total. The number of hydrogen-bond acceptors (Lipinski definition) is 3. The monoisotopic (exact) mass is 370 g/mol. The molecule has 0 saturated carbocycles. The number of hydrogen-bond donors (Lipinski definition) is 1. The normalized spacial score (nSPS) is 17.9. The Morgan fingerprint density at radius 1 is 1.37 bits per heavy atom. The van der Waals surface area contributed by atoms with Crippen molar-refractivity contribution < 1.29 is 14.7 Å². The molecule has 2 rings (SSSR count). The summed E-state index contributed by atoms with van der Waals surface area (Å²) in [5, 5.41) is 9.02. The van der Waals surface area contributed by atoms with Crippen molar-refractivity contribution in [3.63, 3.8) is 0 Å². The Labute approximate surface area is 161 Å². The smallest absolute Gasteiger partial charge is 0.354 e. The fraction of sp³-hybridized carbons (Fsp3) is 0.500. The minimum Gasteiger partial charge on any atom is -0.477 e. The summed E-state index contributed by atoms with van der Waals surface area (Å²) in [6, 6.07) is 5.20. The maximum Gasteiger partial charge on any atom is 0.354 e. The molecule has 0 radical (unpaired) electrons. The van der Waals surface area contributed by atoms with E-state index in [0.29, 0.717) is 19.4 Å². The van der Waals surface area contributed by atoms with E-state index in [0.717, 1.165) is 25.0 Å². The first-order valence-electron chi connectivity index (χ1n) is 9.84. The van der Waals surface area contributed by atoms with E-state index in [2.05, 4.69) is 37.1 Å². The largest absolute Gasteiger partial charge is 0.477 e. The van der Waals surface area contributed by atoms with Crippen LogP contribution < -0.4 is 0 Å². The van der Waals surface area contributed by atoms with Gasteiger partial charge in [0.2, 0.25) is 5.91 Å². The van der Waals surface area contributed by atoms with Crippen molar-refractivity contribution in [3.8, 4) is 0 Å². The molecule has 1 saturated heterocycles. The number of amides is 1. The number of carbonyl (C=O) groups is 2. The van der Waals surface area contributed by atoms with Gasteiger partial charge in [0.15, 0.2) is 0 Å². The van der Waals surface area contributed by atoms with Crippen molar-refractivity contribution in [2.24, 2.45) is 0 Å². The van der Waals surface area contributed by atoms with Crippen LogP contribution in [0.1, 0.15) is 68.6 Å². The maximum atomic E-state index is 12.2. The number of unbranched alkanes of at least 4 members (excludes halogenated alkanes) is 1. The van der Waals surface area contributed by atoms with Gasteiger partial charge in [-0.05, 0) is 51.2 Å². The highest BCUT2D eigenvalue weighted by Crippen LogP contribution is 2.21. The summed E-state index contributed by atoms with van der Waals surface area (Å²) in [4.78, 5) is 29.3. The zero-order valence-corrected chi connectivity index (χ0v) is 16.4. The quantitative estimate of drug-likeness (QED) is 0.620. The first-order valence-corrected chi connectivity index (χ1v) is 9.84. The van der Waals surface area contributed by atoms with Crippen molar-refractivity contribution in [1.29, 1.82) is 0 Å². The molecule has 146 valence electrons. The van der Waals surface area contributed by atoms with E-state index in [4.69, 9.17) is 5.11 Å². The van der Waals surface area contributed by atoms with Gasteiger partial charge in [0, 0.05) is 18.7 Å². The van der Waals surface area contributed by atoms with Crippen LogP contribution in [-0.2, 0) is 11.2 Å². The Bertz CT molecular complexity index is 709. The molecule has 0 aromatic carbocycles. The van der Waals surface area contributed by atoms with E-state index in [1.54, 1.807) is 6.07 Å². The number of allylic oxidation sites excluding steroid dienone is 3. The first kappa shape index (κ1) is 20.9. The Morgan fingerprint density at radius 3 is 2.93 bits per heavy atom. The molecule has 0 aliphatic carbocycles. The molecule has 1 aromatic heterocycles. The number of pyridine rings is 1. The molecule has 0 bridgehead atoms. The highest BCUT2D eigenvalue weighted by Gasteiger charge is 2.28. The lowest BCUT2D eigenvalue weighted by atomic mass is 10.1. The summed E-state index contributed by atoms with van der Waals surface area (Å²) < 4.78 is 0. The van der Waals surface area contributed by atoms with Gasteiger partial charge >= 0.3 is 5.97 Å². The topological polar surface area (TPSA) is 70.5 Å². The number of carboxylic acid groups (broad SMARTS) is 1. The maximum absolute atomic E-state index is 12.2. The van der Waals surface area contributed by atoms with Gasteiger partial charge in [-0.25, -0.2) is 9.78 Å². The highest BCUT2D eigenvalue weighted by atomic mass is 16.4. The van der Waals surface area contributed by atoms with Gasteiger partial charge in [0.1, 0.15) is 5.69 Å². The van der Waals surface area contributed by atoms with Crippen LogP contribution in [0.3, 0.4) is 0 Å². The van der Waals surface area contributed by atoms with E-state index in [1.807, 2.05) is 11.0 Å². The van der Waals surface area contributed by atoms with E-state index in [-0.39, 0.29) is 17.6 Å². The number of carbonyl (C=O) groups excluding carboxylic acids is 1. The molecular weight excluding hydrogens is 340 g/mol. The van der Waals surface area contributed by atoms with Gasteiger partial charge in [-0.1, -0.05) is 43.2 Å². The number of aryl methyl sites for hydroxylation is 1. The Kier molecular flexibility index (Phi) is 8.24. The Hall–Kier alpha value is -2.43. The molecule has 1 aromatic rings. The summed E-state index contributed by atoms with van der Waals surface area (Å²) in [6.07, 6.45) is 12.8. The third-order valence-corrected chi connectivity index (χ3v) is 4.87. The molecule has 27 heavy (non-hydrogen) atoms. The second-order valence-corrected chi connectivity index (χ2v) is 7.12. The van der Waals surface area contributed by atoms with Crippen LogP contribution in [0.15, 0.2) is 42.0 Å². The predicted molar refractivity (Wildman–Crippen MR) is 107 cm³/mol. The van der Waals surface area contributed by atoms with Gasteiger partial charge in [-0.3, -0.25) is 4.79 Å². The standard InChI is InChI=1S/C22H30N2O3/c1-3-4-8-17(2)9-5-12-19-14-15-21(25)24(19)16-7-11-18-10-6-13-20(23-18)22(26)27/h5-6,9-10,12-13,19H,3-4,7-8,11,14-16H2,1-2H3,(H,26,27)/t19-/m0/s1. The Morgan fingerprint density at radius 2 is 2.19 bits per heavy atom. The molecule has 1 aliphatic heterocycles. The molecule has 1 amide bonds. The zero-order valence-electron chi connectivity index (χ0n) is 16.4. The molecule has 1 atom stereocenters. The SMILES string of the molecule is CCCCC(C)=CC=C[C@H]1CCC(=O)N1CCCc1cccc(C(=O)O)n1. The highest BCUT2D eigenvalue weighted by molar-refractivity contribution is 5.85. The minimum absolute atomic E-state index is 0.0655. The minimum atomic E-state index is -1.01. The van der Waals surface area contributed by atoms with Gasteiger partial charge in [-0.2, -0.15) is 0 Å². The molecular formula is C22H30N2O3. The molecule has 1 aliphatic rings. The molecule has 5 heteroatoms. The average Bonchev–Trinajstić information content (AvgIpc) is 3.00. The van der Waals surface area contributed by atoms with Crippen LogP contribution in [0, 0.1) is 0 Å². The van der Waals surface area contributed by atoms with E-state index in [1.165, 1.54) is 24.5 Å². The van der Waals surface area contributed by atoms with Gasteiger partial charge in [0.25, 0.3) is 0 Å². The third-order valence-electron chi connectivity index (χ3n) is 4.87. The van der Waals surface area contributed by atoms with Crippen molar-refractivity contribution in [1.82, 2.24) is 9.88 Å². The number of aromatic carboxylic acids is 1. The summed E-state index contributed by atoms with van der Waals surface area (Å²) in [6.45, 7) is 5.01. The van der Waals surface area contributed by atoms with Crippen molar-refractivity contribution in [2.45, 2.75) is 64.8 Å². The third kappa shape index (κ3) is 6.66. The van der Waals surface area contributed by atoms with Gasteiger partial charge < -0.3 is 10.0 Å². The summed E-state index contributed by atoms with van der Waals surface area (Å²) in [5.41, 5.74) is 2.19. The number of likely N-dealkylation sites (tertiary alicyclic amines) is 1. The molecule has 1 fully saturated rings. The zero-order chi connectivity index (χ0) is 19.6. The lowest BCUT2D eigenvalue weighted by molar-refractivity contribution is -0.128. The lowest BCUT2D eigenvalue weighted by Crippen LogP contribution is -2.32. The second-order valence-electron chi connectivity index (χ2n) is 7.12. The fourth-order valence-corrected chi connectivity index (χ4v) is 3.30.